The van der Waals surface area contributed by atoms with Gasteiger partial charge in [0.25, 0.3) is 5.70 Å². The molecular weight excluding hydrogens is 250 g/mol. The summed E-state index contributed by atoms with van der Waals surface area (Å²) in [6, 6.07) is 15.7. The van der Waals surface area contributed by atoms with Gasteiger partial charge < -0.3 is 0 Å². The molecule has 0 N–H and O–H groups in total. The second-order valence-corrected chi connectivity index (χ2v) is 4.14. The van der Waals surface area contributed by atoms with Gasteiger partial charge in [0.2, 0.25) is 0 Å². The number of benzene rings is 2. The van der Waals surface area contributed by atoms with Crippen molar-refractivity contribution in [1.29, 1.82) is 0 Å². The van der Waals surface area contributed by atoms with Crippen LogP contribution in [0, 0.1) is 10.1 Å². The molecule has 0 fully saturated rings. The first-order valence-corrected chi connectivity index (χ1v) is 5.72. The lowest BCUT2D eigenvalue weighted by Gasteiger charge is -1.99. The number of hydrogen-bond donors (Lipinski definition) is 0. The van der Waals surface area contributed by atoms with E-state index in [1.807, 2.05) is 6.07 Å². The summed E-state index contributed by atoms with van der Waals surface area (Å²) in [6.07, 6.45) is 1.53. The van der Waals surface area contributed by atoms with Crippen molar-refractivity contribution in [2.24, 2.45) is 0 Å². The van der Waals surface area contributed by atoms with E-state index in [2.05, 4.69) is 0 Å². The van der Waals surface area contributed by atoms with Gasteiger partial charge >= 0.3 is 0 Å². The predicted molar refractivity (Wildman–Crippen MR) is 72.8 cm³/mol. The van der Waals surface area contributed by atoms with Crippen LogP contribution in [-0.4, -0.2) is 4.92 Å². The third-order valence-electron chi connectivity index (χ3n) is 2.44. The molecule has 0 aliphatic rings. The van der Waals surface area contributed by atoms with E-state index in [0.29, 0.717) is 10.6 Å². The fraction of sp³-hybridized carbons (Fsp3) is 0. The second-order valence-electron chi connectivity index (χ2n) is 3.70. The van der Waals surface area contributed by atoms with E-state index >= 15 is 0 Å². The molecule has 2 rings (SSSR count). The molecule has 0 heterocycles. The molecule has 0 aliphatic carbocycles. The third kappa shape index (κ3) is 2.96. The van der Waals surface area contributed by atoms with Crippen molar-refractivity contribution >= 4 is 23.4 Å². The first-order valence-electron chi connectivity index (χ1n) is 5.34. The molecule has 0 spiro atoms. The molecule has 0 aliphatic heterocycles. The third-order valence-corrected chi connectivity index (χ3v) is 2.69. The second kappa shape index (κ2) is 5.47. The van der Waals surface area contributed by atoms with E-state index in [4.69, 9.17) is 11.6 Å². The number of hydrogen-bond acceptors (Lipinski definition) is 2. The van der Waals surface area contributed by atoms with Crippen LogP contribution >= 0.6 is 11.6 Å². The maximum absolute atomic E-state index is 11.1. The van der Waals surface area contributed by atoms with Crippen LogP contribution < -0.4 is 0 Å². The minimum Gasteiger partial charge on any atom is -0.258 e. The van der Waals surface area contributed by atoms with Gasteiger partial charge in [-0.05, 0) is 29.8 Å². The Morgan fingerprint density at radius 3 is 2.22 bits per heavy atom. The molecule has 0 bridgehead atoms. The fourth-order valence-electron chi connectivity index (χ4n) is 1.57. The van der Waals surface area contributed by atoms with E-state index in [1.54, 1.807) is 48.5 Å². The molecule has 3 nitrogen and oxygen atoms in total. The van der Waals surface area contributed by atoms with Gasteiger partial charge in [0.05, 0.1) is 10.5 Å². The molecule has 0 saturated carbocycles. The fourth-order valence-corrected chi connectivity index (χ4v) is 1.69. The molecule has 4 heteroatoms. The van der Waals surface area contributed by atoms with E-state index in [-0.39, 0.29) is 10.6 Å². The average molecular weight is 260 g/mol. The number of halogens is 1. The highest BCUT2D eigenvalue weighted by molar-refractivity contribution is 6.30. The number of rotatable bonds is 3. The van der Waals surface area contributed by atoms with E-state index in [0.717, 1.165) is 5.56 Å². The largest absolute Gasteiger partial charge is 0.277 e. The summed E-state index contributed by atoms with van der Waals surface area (Å²) in [5.74, 6) is 0. The Bertz CT molecular complexity index is 577. The zero-order chi connectivity index (χ0) is 13.0. The van der Waals surface area contributed by atoms with E-state index in [9.17, 15) is 10.1 Å². The van der Waals surface area contributed by atoms with Crippen LogP contribution in [0.4, 0.5) is 0 Å². The lowest BCUT2D eigenvalue weighted by atomic mass is 10.1. The van der Waals surface area contributed by atoms with Crippen molar-refractivity contribution in [2.75, 3.05) is 0 Å². The van der Waals surface area contributed by atoms with Gasteiger partial charge in [0, 0.05) is 11.1 Å². The summed E-state index contributed by atoms with van der Waals surface area (Å²) in [7, 11) is 0. The van der Waals surface area contributed by atoms with Crippen molar-refractivity contribution in [1.82, 2.24) is 0 Å². The molecule has 0 radical (unpaired) electrons. The first-order chi connectivity index (χ1) is 8.66. The van der Waals surface area contributed by atoms with Crippen molar-refractivity contribution in [3.05, 3.63) is 80.9 Å². The smallest absolute Gasteiger partial charge is 0.258 e. The SMILES string of the molecule is O=[N+]([O-])/C(=C\c1ccc(Cl)cc1)c1ccccc1. The maximum Gasteiger partial charge on any atom is 0.277 e. The van der Waals surface area contributed by atoms with Crippen LogP contribution in [0.2, 0.25) is 5.02 Å². The van der Waals surface area contributed by atoms with E-state index < -0.39 is 0 Å². The molecule has 18 heavy (non-hydrogen) atoms. The van der Waals surface area contributed by atoms with Crippen molar-refractivity contribution in [3.8, 4) is 0 Å². The summed E-state index contributed by atoms with van der Waals surface area (Å²) in [5, 5.41) is 11.7. The Balaban J connectivity index is 2.43. The van der Waals surface area contributed by atoms with Crippen LogP contribution in [0.25, 0.3) is 11.8 Å². The Kier molecular flexibility index (Phi) is 3.75. The molecule has 0 aromatic heterocycles. The molecule has 90 valence electrons. The van der Waals surface area contributed by atoms with Gasteiger partial charge in [-0.2, -0.15) is 0 Å². The topological polar surface area (TPSA) is 43.1 Å². The highest BCUT2D eigenvalue weighted by Gasteiger charge is 2.13. The summed E-state index contributed by atoms with van der Waals surface area (Å²) >= 11 is 5.77. The minimum absolute atomic E-state index is 0.0675. The Labute approximate surface area is 109 Å². The molecule has 2 aromatic rings. The summed E-state index contributed by atoms with van der Waals surface area (Å²) in [5.41, 5.74) is 1.39. The molecule has 0 amide bonds. The van der Waals surface area contributed by atoms with Gasteiger partial charge in [-0.3, -0.25) is 10.1 Å². The Hall–Kier alpha value is -2.13. The molecule has 0 atom stereocenters. The van der Waals surface area contributed by atoms with Gasteiger partial charge in [-0.15, -0.1) is 0 Å². The summed E-state index contributed by atoms with van der Waals surface area (Å²) < 4.78 is 0. The zero-order valence-electron chi connectivity index (χ0n) is 9.42. The van der Waals surface area contributed by atoms with Gasteiger partial charge in [0.1, 0.15) is 0 Å². The normalized spacial score (nSPS) is 11.3. The summed E-state index contributed by atoms with van der Waals surface area (Å²) in [4.78, 5) is 10.7. The number of nitro groups is 1. The van der Waals surface area contributed by atoms with Crippen molar-refractivity contribution in [2.45, 2.75) is 0 Å². The first kappa shape index (κ1) is 12.3. The van der Waals surface area contributed by atoms with Gasteiger partial charge in [-0.25, -0.2) is 0 Å². The summed E-state index contributed by atoms with van der Waals surface area (Å²) in [6.45, 7) is 0. The number of nitrogens with zero attached hydrogens (tertiary/aromatic N) is 1. The monoisotopic (exact) mass is 259 g/mol. The van der Waals surface area contributed by atoms with Crippen LogP contribution in [0.15, 0.2) is 54.6 Å². The van der Waals surface area contributed by atoms with Crippen LogP contribution in [0.5, 0.6) is 0 Å². The maximum atomic E-state index is 11.1. The highest BCUT2D eigenvalue weighted by Crippen LogP contribution is 2.19. The molecular formula is C14H10ClNO2. The zero-order valence-corrected chi connectivity index (χ0v) is 10.2. The standard InChI is InChI=1S/C14H10ClNO2/c15-13-8-6-11(7-9-13)10-14(16(17)18)12-4-2-1-3-5-12/h1-10H/b14-10-. The van der Waals surface area contributed by atoms with Crippen LogP contribution in [-0.2, 0) is 0 Å². The van der Waals surface area contributed by atoms with Crippen LogP contribution in [0.3, 0.4) is 0 Å². The lowest BCUT2D eigenvalue weighted by molar-refractivity contribution is -0.374. The molecule has 0 saturated heterocycles. The Morgan fingerprint density at radius 2 is 1.67 bits per heavy atom. The average Bonchev–Trinajstić information content (AvgIpc) is 2.38. The lowest BCUT2D eigenvalue weighted by Crippen LogP contribution is -1.97. The predicted octanol–water partition coefficient (Wildman–Crippen LogP) is 4.11. The van der Waals surface area contributed by atoms with E-state index in [1.165, 1.54) is 6.08 Å². The van der Waals surface area contributed by atoms with Gasteiger partial charge in [-0.1, -0.05) is 41.9 Å². The minimum atomic E-state index is -0.385. The van der Waals surface area contributed by atoms with Crippen molar-refractivity contribution < 1.29 is 4.92 Å². The Morgan fingerprint density at radius 1 is 1.06 bits per heavy atom. The molecule has 2 aromatic carbocycles. The quantitative estimate of drug-likeness (QED) is 0.473. The highest BCUT2D eigenvalue weighted by atomic mass is 35.5. The molecule has 0 unspecified atom stereocenters. The van der Waals surface area contributed by atoms with Gasteiger partial charge in [0.15, 0.2) is 0 Å². The van der Waals surface area contributed by atoms with Crippen LogP contribution in [0.1, 0.15) is 11.1 Å². The van der Waals surface area contributed by atoms with Crippen molar-refractivity contribution in [3.63, 3.8) is 0 Å².